The summed E-state index contributed by atoms with van der Waals surface area (Å²) in [5.41, 5.74) is 0. The Bertz CT molecular complexity index is 2110. The minimum absolute atomic E-state index is 0.0249. The summed E-state index contributed by atoms with van der Waals surface area (Å²) >= 11 is 0. The average molecular weight is 1460 g/mol. The van der Waals surface area contributed by atoms with Gasteiger partial charge in [0.15, 0.2) is 18.7 Å². The molecule has 1 aliphatic carbocycles. The first kappa shape index (κ1) is 91.9. The van der Waals surface area contributed by atoms with Gasteiger partial charge in [-0.2, -0.15) is 0 Å². The topological polar surface area (TPSA) is 374 Å². The Morgan fingerprint density at radius 2 is 0.700 bits per heavy atom. The van der Waals surface area contributed by atoms with E-state index in [1.165, 1.54) is 148 Å². The van der Waals surface area contributed by atoms with Crippen LogP contribution in [0.3, 0.4) is 0 Å². The average Bonchev–Trinajstić information content (AvgIpc) is 0.762. The Kier molecular flexibility index (Phi) is 52.3. The fourth-order valence-electron chi connectivity index (χ4n) is 13.1. The van der Waals surface area contributed by atoms with E-state index in [1.807, 2.05) is 0 Å². The van der Waals surface area contributed by atoms with Crippen LogP contribution in [0.25, 0.3) is 0 Å². The molecule has 0 bridgehead atoms. The van der Waals surface area contributed by atoms with Crippen molar-refractivity contribution >= 4 is 25.7 Å². The number of allylic oxidation sites excluding steroid dienone is 2. The molecule has 3 aliphatic rings. The molecular weight excluding hydrogens is 1320 g/mol. The molecule has 11 N–H and O–H groups in total. The molecule has 2 heterocycles. The Hall–Kier alpha value is -2.30. The van der Waals surface area contributed by atoms with Crippen LogP contribution in [0.1, 0.15) is 316 Å². The summed E-state index contributed by atoms with van der Waals surface area (Å²) < 4.78 is 65.1. The van der Waals surface area contributed by atoms with Crippen LogP contribution >= 0.6 is 7.82 Å². The molecule has 0 aromatic heterocycles. The van der Waals surface area contributed by atoms with Crippen LogP contribution < -0.4 is 0 Å². The maximum absolute atomic E-state index is 14.4. The van der Waals surface area contributed by atoms with Crippen molar-refractivity contribution in [1.29, 1.82) is 0 Å². The molecule has 0 amide bonds. The molecule has 0 aromatic carbocycles. The molecule has 0 spiro atoms. The van der Waals surface area contributed by atoms with Gasteiger partial charge in [-0.1, -0.05) is 264 Å². The third-order valence-corrected chi connectivity index (χ3v) is 20.5. The summed E-state index contributed by atoms with van der Waals surface area (Å²) in [5.74, 6) is -1.98. The van der Waals surface area contributed by atoms with Gasteiger partial charge in [0.2, 0.25) is 0 Å². The van der Waals surface area contributed by atoms with Gasteiger partial charge in [-0.3, -0.25) is 23.4 Å². The highest BCUT2D eigenvalue weighted by atomic mass is 31.2. The van der Waals surface area contributed by atoms with Crippen molar-refractivity contribution < 1.29 is 117 Å². The van der Waals surface area contributed by atoms with Crippen LogP contribution in [-0.2, 0) is 61.2 Å². The Morgan fingerprint density at radius 1 is 0.380 bits per heavy atom. The summed E-state index contributed by atoms with van der Waals surface area (Å²) in [6.07, 6.45) is 16.8. The smallest absolute Gasteiger partial charge is 0.463 e. The second-order valence-electron chi connectivity index (χ2n) is 28.4. The van der Waals surface area contributed by atoms with Crippen LogP contribution in [0.4, 0.5) is 0 Å². The van der Waals surface area contributed by atoms with Crippen molar-refractivity contribution in [2.75, 3.05) is 26.4 Å². The molecule has 2 saturated heterocycles. The standard InChI is InChI=1S/C75H139O24P/c1-4-7-10-13-16-19-22-25-28-31-34-37-40-43-46-49-59(77)91-53-56(94-61(79)51-48-45-42-39-36-33-30-27-24-21-18-15-12-9-6-3)54-93-100(89,90)99-73-71(97-74-69(87)64(82)62(80)57(52-76)95-74)67(85)66(84)68(86)72(73)98-75-70(88)65(83)63(81)58(96-75)55-92-60(78)50-47-44-41-38-35-32-29-26-23-20-17-14-11-8-5-2/h20,23,56-58,62-76,80-88H,4-19,21-22,24-55H2,1-3H3,(H,89,90)/b23-20-. The van der Waals surface area contributed by atoms with Crippen LogP contribution in [0, 0.1) is 0 Å². The number of carbonyl (C=O) groups excluding carboxylic acids is 3. The Morgan fingerprint density at radius 3 is 1.09 bits per heavy atom. The van der Waals surface area contributed by atoms with Crippen LogP contribution in [0.15, 0.2) is 12.2 Å². The van der Waals surface area contributed by atoms with Gasteiger partial charge in [0.25, 0.3) is 0 Å². The zero-order valence-electron chi connectivity index (χ0n) is 61.5. The fourth-order valence-corrected chi connectivity index (χ4v) is 14.1. The first-order valence-corrected chi connectivity index (χ1v) is 41.0. The van der Waals surface area contributed by atoms with Gasteiger partial charge >= 0.3 is 25.7 Å². The second-order valence-corrected chi connectivity index (χ2v) is 29.8. The number of aliphatic hydroxyl groups excluding tert-OH is 10. The van der Waals surface area contributed by atoms with Gasteiger partial charge in [0.1, 0.15) is 98.7 Å². The number of hydrogen-bond acceptors (Lipinski definition) is 23. The fraction of sp³-hybridized carbons (Fsp3) is 0.933. The zero-order chi connectivity index (χ0) is 73.2. The third kappa shape index (κ3) is 39.3. The molecule has 0 radical (unpaired) electrons. The predicted octanol–water partition coefficient (Wildman–Crippen LogP) is 11.5. The summed E-state index contributed by atoms with van der Waals surface area (Å²) in [6.45, 7) is 3.47. The molecule has 3 rings (SSSR count). The third-order valence-electron chi connectivity index (χ3n) is 19.5. The van der Waals surface area contributed by atoms with E-state index < -0.39 is 156 Å². The van der Waals surface area contributed by atoms with Crippen molar-refractivity contribution in [3.63, 3.8) is 0 Å². The molecule has 25 heteroatoms. The van der Waals surface area contributed by atoms with E-state index in [-0.39, 0.29) is 19.3 Å². The highest BCUT2D eigenvalue weighted by Gasteiger charge is 2.58. The van der Waals surface area contributed by atoms with Crippen molar-refractivity contribution in [1.82, 2.24) is 0 Å². The zero-order valence-corrected chi connectivity index (χ0v) is 62.4. The van der Waals surface area contributed by atoms with Crippen LogP contribution in [-0.4, -0.2) is 204 Å². The first-order chi connectivity index (χ1) is 48.3. The van der Waals surface area contributed by atoms with E-state index in [4.69, 9.17) is 42.2 Å². The lowest BCUT2D eigenvalue weighted by Crippen LogP contribution is -2.69. The summed E-state index contributed by atoms with van der Waals surface area (Å²) in [6, 6.07) is 0. The van der Waals surface area contributed by atoms with E-state index in [0.29, 0.717) is 19.3 Å². The maximum Gasteiger partial charge on any atom is 0.472 e. The minimum Gasteiger partial charge on any atom is -0.463 e. The number of aliphatic hydroxyl groups is 10. The predicted molar refractivity (Wildman–Crippen MR) is 379 cm³/mol. The van der Waals surface area contributed by atoms with Gasteiger partial charge in [0, 0.05) is 19.3 Å². The lowest BCUT2D eigenvalue weighted by atomic mass is 9.84. The molecule has 1 saturated carbocycles. The molecule has 100 heavy (non-hydrogen) atoms. The van der Waals surface area contributed by atoms with Gasteiger partial charge in [-0.25, -0.2) is 4.57 Å². The largest absolute Gasteiger partial charge is 0.472 e. The normalized spacial score (nSPS) is 27.3. The molecule has 0 aromatic rings. The lowest BCUT2D eigenvalue weighted by molar-refractivity contribution is -0.360. The number of carbonyl (C=O) groups is 3. The second kappa shape index (κ2) is 57.0. The highest BCUT2D eigenvalue weighted by molar-refractivity contribution is 7.47. The molecular formula is C75H139O24P. The van der Waals surface area contributed by atoms with Crippen molar-refractivity contribution in [3.05, 3.63) is 12.2 Å². The van der Waals surface area contributed by atoms with E-state index >= 15 is 0 Å². The number of phosphoric ester groups is 1. The van der Waals surface area contributed by atoms with Crippen molar-refractivity contribution in [2.45, 2.75) is 420 Å². The molecule has 18 unspecified atom stereocenters. The SMILES string of the molecule is CCCCCC/C=C\CCCCCCCCCC(=O)OCC1OC(OC2C(O)C(O)C(O)C(OC3OC(CO)C(O)C(O)C3O)C2OP(=O)(O)OCC(COC(=O)CCCCCCCCCCCCCCCCC)OC(=O)CCCCCCCCCCCCCCCCC)C(O)C(O)C1O. The quantitative estimate of drug-likeness (QED) is 0.00886. The van der Waals surface area contributed by atoms with E-state index in [2.05, 4.69) is 32.9 Å². The highest BCUT2D eigenvalue weighted by Crippen LogP contribution is 2.49. The van der Waals surface area contributed by atoms with E-state index in [1.54, 1.807) is 0 Å². The molecule has 588 valence electrons. The summed E-state index contributed by atoms with van der Waals surface area (Å²) in [5, 5.41) is 110. The van der Waals surface area contributed by atoms with Gasteiger partial charge in [-0.15, -0.1) is 0 Å². The van der Waals surface area contributed by atoms with Crippen LogP contribution in [0.5, 0.6) is 0 Å². The van der Waals surface area contributed by atoms with Crippen molar-refractivity contribution in [2.24, 2.45) is 0 Å². The Labute approximate surface area is 599 Å². The maximum atomic E-state index is 14.4. The van der Waals surface area contributed by atoms with Gasteiger partial charge in [0.05, 0.1) is 13.2 Å². The molecule has 18 atom stereocenters. The van der Waals surface area contributed by atoms with Gasteiger partial charge in [-0.05, 0) is 44.9 Å². The number of unbranched alkanes of at least 4 members (excludes halogenated alkanes) is 39. The number of esters is 3. The molecule has 24 nitrogen and oxygen atoms in total. The van der Waals surface area contributed by atoms with Crippen LogP contribution in [0.2, 0.25) is 0 Å². The van der Waals surface area contributed by atoms with E-state index in [0.717, 1.165) is 109 Å². The molecule has 3 fully saturated rings. The number of rotatable bonds is 62. The van der Waals surface area contributed by atoms with Crippen molar-refractivity contribution in [3.8, 4) is 0 Å². The first-order valence-electron chi connectivity index (χ1n) is 39.5. The number of phosphoric acid groups is 1. The monoisotopic (exact) mass is 1450 g/mol. The van der Waals surface area contributed by atoms with E-state index in [9.17, 15) is 74.9 Å². The lowest BCUT2D eigenvalue weighted by Gasteiger charge is -2.49. The summed E-state index contributed by atoms with van der Waals surface area (Å²) in [7, 11) is -5.70. The number of ether oxygens (including phenoxy) is 7. The Balaban J connectivity index is 1.71. The molecule has 2 aliphatic heterocycles. The minimum atomic E-state index is -5.70. The van der Waals surface area contributed by atoms with Gasteiger partial charge < -0.3 is 89.1 Å². The summed E-state index contributed by atoms with van der Waals surface area (Å²) in [4.78, 5) is 51.1. The number of hydrogen-bond donors (Lipinski definition) is 11.